The van der Waals surface area contributed by atoms with Gasteiger partial charge in [0, 0.05) is 24.2 Å². The van der Waals surface area contributed by atoms with Crippen LogP contribution in [-0.4, -0.2) is 16.0 Å². The number of thiazole rings is 1. The normalized spacial score (nSPS) is 10.8. The maximum absolute atomic E-state index is 5.59. The van der Waals surface area contributed by atoms with E-state index in [1.54, 1.807) is 23.7 Å². The summed E-state index contributed by atoms with van der Waals surface area (Å²) in [6.07, 6.45) is 3.43. The van der Waals surface area contributed by atoms with Crippen molar-refractivity contribution in [2.24, 2.45) is 0 Å². The van der Waals surface area contributed by atoms with Gasteiger partial charge >= 0.3 is 0 Å². The second-order valence-electron chi connectivity index (χ2n) is 4.25. The van der Waals surface area contributed by atoms with Crippen molar-refractivity contribution in [1.82, 2.24) is 15.3 Å². The van der Waals surface area contributed by atoms with Crippen molar-refractivity contribution in [2.45, 2.75) is 33.0 Å². The van der Waals surface area contributed by atoms with Crippen molar-refractivity contribution in [3.63, 3.8) is 0 Å². The molecule has 5 heteroatoms. The Kier molecular flexibility index (Phi) is 4.66. The van der Waals surface area contributed by atoms with Crippen LogP contribution in [0.25, 0.3) is 0 Å². The zero-order valence-electron chi connectivity index (χ0n) is 10.6. The lowest BCUT2D eigenvalue weighted by Gasteiger charge is -2.05. The van der Waals surface area contributed by atoms with Crippen LogP contribution in [0.3, 0.4) is 0 Å². The predicted octanol–water partition coefficient (Wildman–Crippen LogP) is 2.62. The summed E-state index contributed by atoms with van der Waals surface area (Å²) < 4.78 is 5.59. The van der Waals surface area contributed by atoms with E-state index >= 15 is 0 Å². The molecule has 2 aromatic heterocycles. The van der Waals surface area contributed by atoms with Gasteiger partial charge in [-0.05, 0) is 12.1 Å². The van der Waals surface area contributed by atoms with Crippen molar-refractivity contribution >= 4 is 11.3 Å². The quantitative estimate of drug-likeness (QED) is 0.870. The van der Waals surface area contributed by atoms with Crippen LogP contribution in [0.2, 0.25) is 0 Å². The topological polar surface area (TPSA) is 47.0 Å². The van der Waals surface area contributed by atoms with Crippen molar-refractivity contribution in [2.75, 3.05) is 0 Å². The molecule has 0 amide bonds. The maximum atomic E-state index is 5.59. The summed E-state index contributed by atoms with van der Waals surface area (Å²) in [7, 11) is 0. The van der Waals surface area contributed by atoms with E-state index in [0.29, 0.717) is 12.6 Å². The number of ether oxygens (including phenoxy) is 1. The fraction of sp³-hybridized carbons (Fsp3) is 0.385. The Balaban J connectivity index is 1.83. The summed E-state index contributed by atoms with van der Waals surface area (Å²) in [5.41, 5.74) is 0.962. The second-order valence-corrected chi connectivity index (χ2v) is 5.19. The molecular weight excluding hydrogens is 246 g/mol. The second kappa shape index (κ2) is 6.47. The molecule has 0 aliphatic rings. The molecule has 0 aromatic carbocycles. The highest BCUT2D eigenvalue weighted by molar-refractivity contribution is 7.09. The monoisotopic (exact) mass is 263 g/mol. The molecule has 0 unspecified atom stereocenters. The molecule has 0 spiro atoms. The summed E-state index contributed by atoms with van der Waals surface area (Å²) in [6, 6.07) is 4.22. The molecule has 2 aromatic rings. The van der Waals surface area contributed by atoms with Crippen LogP contribution < -0.4 is 10.1 Å². The van der Waals surface area contributed by atoms with E-state index in [1.165, 1.54) is 0 Å². The lowest BCUT2D eigenvalue weighted by Crippen LogP contribution is -2.21. The first-order chi connectivity index (χ1) is 8.74. The Morgan fingerprint density at radius 1 is 1.44 bits per heavy atom. The summed E-state index contributed by atoms with van der Waals surface area (Å²) in [5, 5.41) is 6.47. The van der Waals surface area contributed by atoms with Crippen LogP contribution >= 0.6 is 11.3 Å². The molecule has 96 valence electrons. The van der Waals surface area contributed by atoms with Crippen LogP contribution in [0.4, 0.5) is 0 Å². The molecule has 0 bridgehead atoms. The highest BCUT2D eigenvalue weighted by Crippen LogP contribution is 2.13. The number of rotatable bonds is 6. The third kappa shape index (κ3) is 4.09. The Hall–Kier alpha value is -1.46. The minimum Gasteiger partial charge on any atom is -0.486 e. The Morgan fingerprint density at radius 3 is 3.06 bits per heavy atom. The fourth-order valence-electron chi connectivity index (χ4n) is 1.38. The molecule has 0 radical (unpaired) electrons. The van der Waals surface area contributed by atoms with Gasteiger partial charge in [-0.15, -0.1) is 11.3 Å². The third-order valence-electron chi connectivity index (χ3n) is 2.28. The molecule has 18 heavy (non-hydrogen) atoms. The molecule has 0 aliphatic carbocycles. The van der Waals surface area contributed by atoms with Crippen LogP contribution in [0.15, 0.2) is 29.9 Å². The van der Waals surface area contributed by atoms with Gasteiger partial charge in [0.2, 0.25) is 0 Å². The highest BCUT2D eigenvalue weighted by atomic mass is 32.1. The first-order valence-electron chi connectivity index (χ1n) is 5.93. The van der Waals surface area contributed by atoms with Crippen molar-refractivity contribution < 1.29 is 4.74 Å². The van der Waals surface area contributed by atoms with Crippen molar-refractivity contribution in [3.8, 4) is 5.75 Å². The van der Waals surface area contributed by atoms with Gasteiger partial charge < -0.3 is 10.1 Å². The van der Waals surface area contributed by atoms with Gasteiger partial charge in [-0.1, -0.05) is 13.8 Å². The average Bonchev–Trinajstić information content (AvgIpc) is 2.83. The lowest BCUT2D eigenvalue weighted by atomic mass is 10.4. The summed E-state index contributed by atoms with van der Waals surface area (Å²) in [5.74, 6) is 0.771. The van der Waals surface area contributed by atoms with Crippen LogP contribution in [0.5, 0.6) is 5.75 Å². The maximum Gasteiger partial charge on any atom is 0.138 e. The first kappa shape index (κ1) is 13.0. The van der Waals surface area contributed by atoms with Gasteiger partial charge in [-0.2, -0.15) is 0 Å². The number of hydrogen-bond donors (Lipinski definition) is 1. The van der Waals surface area contributed by atoms with Gasteiger partial charge in [0.15, 0.2) is 0 Å². The van der Waals surface area contributed by atoms with Crippen LogP contribution in [0, 0.1) is 0 Å². The number of aromatic nitrogens is 2. The van der Waals surface area contributed by atoms with E-state index < -0.39 is 0 Å². The van der Waals surface area contributed by atoms with Crippen LogP contribution in [0.1, 0.15) is 24.5 Å². The molecule has 2 rings (SSSR count). The van der Waals surface area contributed by atoms with E-state index in [4.69, 9.17) is 4.74 Å². The van der Waals surface area contributed by atoms with E-state index in [1.807, 2.05) is 17.5 Å². The minimum absolute atomic E-state index is 0.476. The predicted molar refractivity (Wildman–Crippen MR) is 72.7 cm³/mol. The van der Waals surface area contributed by atoms with Gasteiger partial charge in [-0.3, -0.25) is 4.98 Å². The van der Waals surface area contributed by atoms with E-state index in [2.05, 4.69) is 29.1 Å². The van der Waals surface area contributed by atoms with Gasteiger partial charge in [0.25, 0.3) is 0 Å². The molecule has 1 N–H and O–H groups in total. The molecule has 0 saturated heterocycles. The Morgan fingerprint density at radius 2 is 2.33 bits per heavy atom. The van der Waals surface area contributed by atoms with Gasteiger partial charge in [-0.25, -0.2) is 4.98 Å². The fourth-order valence-corrected chi connectivity index (χ4v) is 2.11. The van der Waals surface area contributed by atoms with E-state index in [9.17, 15) is 0 Å². The Bertz CT molecular complexity index is 470. The van der Waals surface area contributed by atoms with E-state index in [0.717, 1.165) is 23.0 Å². The van der Waals surface area contributed by atoms with Crippen molar-refractivity contribution in [1.29, 1.82) is 0 Å². The molecule has 0 fully saturated rings. The summed E-state index contributed by atoms with van der Waals surface area (Å²) in [4.78, 5) is 8.51. The molecule has 4 nitrogen and oxygen atoms in total. The minimum atomic E-state index is 0.476. The number of pyridine rings is 1. The average molecular weight is 263 g/mol. The number of nitrogens with zero attached hydrogens (tertiary/aromatic N) is 2. The first-order valence-corrected chi connectivity index (χ1v) is 6.81. The standard InChI is InChI=1S/C13H17N3OS/c1-10(2)15-7-13-16-11(9-18-13)8-17-12-4-3-5-14-6-12/h3-6,9-10,15H,7-8H2,1-2H3. The SMILES string of the molecule is CC(C)NCc1nc(COc2cccnc2)cs1. The number of nitrogens with one attached hydrogen (secondary N) is 1. The number of hydrogen-bond acceptors (Lipinski definition) is 5. The molecule has 0 aliphatic heterocycles. The molecule has 0 saturated carbocycles. The smallest absolute Gasteiger partial charge is 0.138 e. The lowest BCUT2D eigenvalue weighted by molar-refractivity contribution is 0.300. The van der Waals surface area contributed by atoms with Crippen molar-refractivity contribution in [3.05, 3.63) is 40.6 Å². The van der Waals surface area contributed by atoms with Gasteiger partial charge in [0.05, 0.1) is 11.9 Å². The molecular formula is C13H17N3OS. The highest BCUT2D eigenvalue weighted by Gasteiger charge is 2.03. The zero-order chi connectivity index (χ0) is 12.8. The van der Waals surface area contributed by atoms with E-state index in [-0.39, 0.29) is 0 Å². The molecule has 2 heterocycles. The largest absolute Gasteiger partial charge is 0.486 e. The van der Waals surface area contributed by atoms with Gasteiger partial charge in [0.1, 0.15) is 17.4 Å². The Labute approximate surface area is 111 Å². The molecule has 0 atom stereocenters. The zero-order valence-corrected chi connectivity index (χ0v) is 11.4. The summed E-state index contributed by atoms with van der Waals surface area (Å²) in [6.45, 7) is 5.55. The third-order valence-corrected chi connectivity index (χ3v) is 3.18. The summed E-state index contributed by atoms with van der Waals surface area (Å²) >= 11 is 1.66. The van der Waals surface area contributed by atoms with Crippen LogP contribution in [-0.2, 0) is 13.2 Å².